The molecule has 6 nitrogen and oxygen atoms in total. The quantitative estimate of drug-likeness (QED) is 0.699. The summed E-state index contributed by atoms with van der Waals surface area (Å²) >= 11 is 0. The van der Waals surface area contributed by atoms with Gasteiger partial charge in [0.2, 0.25) is 0 Å². The maximum Gasteiger partial charge on any atom is 0.408 e. The molecule has 20 heavy (non-hydrogen) atoms. The molecule has 0 spiro atoms. The van der Waals surface area contributed by atoms with Gasteiger partial charge in [0, 0.05) is 6.04 Å². The summed E-state index contributed by atoms with van der Waals surface area (Å²) in [6, 6.07) is -0.622. The molecule has 0 saturated carbocycles. The smallest absolute Gasteiger partial charge is 0.408 e. The molecule has 0 rings (SSSR count). The normalized spacial score (nSPS) is 14.3. The number of ether oxygens (including phenoxy) is 2. The molecule has 118 valence electrons. The molecule has 6 heteroatoms. The fourth-order valence-corrected chi connectivity index (χ4v) is 1.59. The van der Waals surface area contributed by atoms with E-state index in [9.17, 15) is 9.59 Å². The van der Waals surface area contributed by atoms with E-state index in [4.69, 9.17) is 15.2 Å². The van der Waals surface area contributed by atoms with Gasteiger partial charge in [0.15, 0.2) is 0 Å². The molecule has 0 aliphatic carbocycles. The van der Waals surface area contributed by atoms with Crippen LogP contribution in [0.5, 0.6) is 0 Å². The summed E-state index contributed by atoms with van der Waals surface area (Å²) in [4.78, 5) is 23.5. The van der Waals surface area contributed by atoms with Gasteiger partial charge in [-0.1, -0.05) is 0 Å². The van der Waals surface area contributed by atoms with E-state index in [0.29, 0.717) is 6.42 Å². The molecule has 0 aromatic heterocycles. The van der Waals surface area contributed by atoms with Crippen LogP contribution in [0.1, 0.15) is 53.9 Å². The number of nitrogens with two attached hydrogens (primary N) is 1. The van der Waals surface area contributed by atoms with Crippen LogP contribution in [-0.2, 0) is 14.3 Å². The zero-order valence-electron chi connectivity index (χ0n) is 13.2. The van der Waals surface area contributed by atoms with Gasteiger partial charge in [-0.05, 0) is 53.9 Å². The number of carbonyl (C=O) groups excluding carboxylic acids is 2. The van der Waals surface area contributed by atoms with Gasteiger partial charge in [0.25, 0.3) is 0 Å². The zero-order chi connectivity index (χ0) is 15.8. The largest absolute Gasteiger partial charge is 0.464 e. The summed E-state index contributed by atoms with van der Waals surface area (Å²) in [6.45, 7) is 9.20. The van der Waals surface area contributed by atoms with E-state index in [2.05, 4.69) is 5.32 Å². The maximum absolute atomic E-state index is 11.8. The Kier molecular flexibility index (Phi) is 8.22. The van der Waals surface area contributed by atoms with Crippen LogP contribution in [0.2, 0.25) is 0 Å². The highest BCUT2D eigenvalue weighted by atomic mass is 16.6. The van der Waals surface area contributed by atoms with Crippen LogP contribution in [0, 0.1) is 0 Å². The minimum Gasteiger partial charge on any atom is -0.464 e. The van der Waals surface area contributed by atoms with Crippen LogP contribution >= 0.6 is 0 Å². The van der Waals surface area contributed by atoms with Gasteiger partial charge in [-0.15, -0.1) is 0 Å². The van der Waals surface area contributed by atoms with Crippen molar-refractivity contribution in [3.63, 3.8) is 0 Å². The van der Waals surface area contributed by atoms with Crippen molar-refractivity contribution in [2.75, 3.05) is 6.61 Å². The molecule has 0 aliphatic heterocycles. The van der Waals surface area contributed by atoms with Crippen molar-refractivity contribution in [3.05, 3.63) is 0 Å². The molecule has 2 unspecified atom stereocenters. The lowest BCUT2D eigenvalue weighted by Crippen LogP contribution is -2.44. The Morgan fingerprint density at radius 3 is 2.30 bits per heavy atom. The number of carbonyl (C=O) groups is 2. The van der Waals surface area contributed by atoms with Crippen molar-refractivity contribution in [2.45, 2.75) is 71.6 Å². The van der Waals surface area contributed by atoms with Crippen LogP contribution in [0.4, 0.5) is 4.79 Å². The molecular weight excluding hydrogens is 260 g/mol. The van der Waals surface area contributed by atoms with Crippen molar-refractivity contribution in [3.8, 4) is 0 Å². The van der Waals surface area contributed by atoms with Crippen LogP contribution in [-0.4, -0.2) is 36.4 Å². The third-order valence-corrected chi connectivity index (χ3v) is 2.41. The molecule has 3 N–H and O–H groups in total. The number of hydrogen-bond donors (Lipinski definition) is 2. The Balaban J connectivity index is 4.44. The van der Waals surface area contributed by atoms with Crippen LogP contribution < -0.4 is 11.1 Å². The van der Waals surface area contributed by atoms with Gasteiger partial charge in [-0.25, -0.2) is 9.59 Å². The lowest BCUT2D eigenvalue weighted by atomic mass is 10.1. The molecule has 0 radical (unpaired) electrons. The van der Waals surface area contributed by atoms with Crippen molar-refractivity contribution in [1.82, 2.24) is 5.32 Å². The Labute approximate surface area is 121 Å². The lowest BCUT2D eigenvalue weighted by molar-refractivity contribution is -0.145. The van der Waals surface area contributed by atoms with E-state index < -0.39 is 23.7 Å². The predicted molar refractivity (Wildman–Crippen MR) is 77.3 cm³/mol. The summed E-state index contributed by atoms with van der Waals surface area (Å²) in [5.74, 6) is -0.442. The fourth-order valence-electron chi connectivity index (χ4n) is 1.59. The first-order valence-electron chi connectivity index (χ1n) is 7.07. The molecule has 0 heterocycles. The second kappa shape index (κ2) is 8.79. The highest BCUT2D eigenvalue weighted by Gasteiger charge is 2.25. The average Bonchev–Trinajstić information content (AvgIpc) is 2.24. The van der Waals surface area contributed by atoms with E-state index in [-0.39, 0.29) is 12.6 Å². The average molecular weight is 288 g/mol. The summed E-state index contributed by atoms with van der Waals surface area (Å²) in [7, 11) is 0. The first-order valence-corrected chi connectivity index (χ1v) is 7.07. The van der Waals surface area contributed by atoms with Gasteiger partial charge in [-0.2, -0.15) is 0 Å². The fraction of sp³-hybridized carbons (Fsp3) is 0.857. The minimum absolute atomic E-state index is 0.0689. The zero-order valence-corrected chi connectivity index (χ0v) is 13.2. The highest BCUT2D eigenvalue weighted by Crippen LogP contribution is 2.09. The van der Waals surface area contributed by atoms with Gasteiger partial charge in [0.1, 0.15) is 11.6 Å². The summed E-state index contributed by atoms with van der Waals surface area (Å²) in [6.07, 6.45) is 1.39. The van der Waals surface area contributed by atoms with E-state index >= 15 is 0 Å². The van der Waals surface area contributed by atoms with E-state index in [1.54, 1.807) is 27.7 Å². The Hall–Kier alpha value is -1.30. The third kappa shape index (κ3) is 9.61. The van der Waals surface area contributed by atoms with E-state index in [1.807, 2.05) is 6.92 Å². The van der Waals surface area contributed by atoms with Gasteiger partial charge < -0.3 is 20.5 Å². The van der Waals surface area contributed by atoms with Gasteiger partial charge >= 0.3 is 12.1 Å². The lowest BCUT2D eigenvalue weighted by Gasteiger charge is -2.23. The van der Waals surface area contributed by atoms with E-state index in [1.165, 1.54) is 0 Å². The van der Waals surface area contributed by atoms with E-state index in [0.717, 1.165) is 12.8 Å². The summed E-state index contributed by atoms with van der Waals surface area (Å²) < 4.78 is 10.1. The number of rotatable bonds is 7. The van der Waals surface area contributed by atoms with Crippen molar-refractivity contribution < 1.29 is 19.1 Å². The molecule has 0 aliphatic rings. The standard InChI is InChI=1S/C14H28N2O4/c1-6-19-12(17)11(9-7-8-10(2)15)16-13(18)20-14(3,4)5/h10-11H,6-9,15H2,1-5H3,(H,16,18). The van der Waals surface area contributed by atoms with Gasteiger partial charge in [0.05, 0.1) is 6.61 Å². The van der Waals surface area contributed by atoms with Crippen molar-refractivity contribution >= 4 is 12.1 Å². The van der Waals surface area contributed by atoms with Crippen LogP contribution in [0.15, 0.2) is 0 Å². The number of alkyl carbamates (subject to hydrolysis) is 1. The molecule has 1 amide bonds. The number of esters is 1. The minimum atomic E-state index is -0.691. The Bertz CT molecular complexity index is 311. The monoisotopic (exact) mass is 288 g/mol. The Morgan fingerprint density at radius 2 is 1.85 bits per heavy atom. The van der Waals surface area contributed by atoms with Crippen LogP contribution in [0.3, 0.4) is 0 Å². The number of nitrogens with one attached hydrogen (secondary N) is 1. The predicted octanol–water partition coefficient (Wildman–Crippen LogP) is 1.96. The highest BCUT2D eigenvalue weighted by molar-refractivity contribution is 5.81. The molecule has 0 bridgehead atoms. The summed E-state index contributed by atoms with van der Waals surface area (Å²) in [5.41, 5.74) is 5.07. The van der Waals surface area contributed by atoms with Crippen molar-refractivity contribution in [2.24, 2.45) is 5.73 Å². The molecule has 0 saturated heterocycles. The second-order valence-electron chi connectivity index (χ2n) is 5.86. The second-order valence-corrected chi connectivity index (χ2v) is 5.86. The maximum atomic E-state index is 11.8. The molecule has 0 fully saturated rings. The summed E-state index contributed by atoms with van der Waals surface area (Å²) in [5, 5.41) is 2.56. The topological polar surface area (TPSA) is 90.6 Å². The molecule has 0 aromatic carbocycles. The van der Waals surface area contributed by atoms with Gasteiger partial charge in [-0.3, -0.25) is 0 Å². The number of amides is 1. The molecule has 2 atom stereocenters. The molecule has 0 aromatic rings. The Morgan fingerprint density at radius 1 is 1.25 bits per heavy atom. The first kappa shape index (κ1) is 18.7. The van der Waals surface area contributed by atoms with Crippen molar-refractivity contribution in [1.29, 1.82) is 0 Å². The van der Waals surface area contributed by atoms with Crippen LogP contribution in [0.25, 0.3) is 0 Å². The SMILES string of the molecule is CCOC(=O)C(CCCC(C)N)NC(=O)OC(C)(C)C. The molecular formula is C14H28N2O4. The third-order valence-electron chi connectivity index (χ3n) is 2.41. The first-order chi connectivity index (χ1) is 9.15. The number of hydrogen-bond acceptors (Lipinski definition) is 5.